The molecule has 66 valence electrons. The summed E-state index contributed by atoms with van der Waals surface area (Å²) in [5.41, 5.74) is 2.68. The lowest BCUT2D eigenvalue weighted by molar-refractivity contribution is 0.173. The van der Waals surface area contributed by atoms with Gasteiger partial charge in [0.05, 0.1) is 0 Å². The fraction of sp³-hybridized carbons (Fsp3) is 0.375. The van der Waals surface area contributed by atoms with E-state index in [1.54, 1.807) is 12.3 Å². The van der Waals surface area contributed by atoms with Crippen molar-refractivity contribution in [3.63, 3.8) is 0 Å². The summed E-state index contributed by atoms with van der Waals surface area (Å²) in [6, 6.07) is 5.42. The van der Waals surface area contributed by atoms with Crippen molar-refractivity contribution in [1.82, 2.24) is 10.5 Å². The molecule has 2 N–H and O–H groups in total. The van der Waals surface area contributed by atoms with Crippen LogP contribution in [0.2, 0.25) is 0 Å². The first-order chi connectivity index (χ1) is 5.93. The molecule has 1 heterocycles. The SMILES string of the molecule is OCCCNOc1ccccn1. The van der Waals surface area contributed by atoms with E-state index in [2.05, 4.69) is 10.5 Å². The minimum atomic E-state index is 0.165. The van der Waals surface area contributed by atoms with Crippen LogP contribution in [0.1, 0.15) is 6.42 Å². The van der Waals surface area contributed by atoms with E-state index in [1.807, 2.05) is 12.1 Å². The standard InChI is InChI=1S/C8H12N2O2/c11-7-3-6-10-12-8-4-1-2-5-9-8/h1-2,4-5,10-11H,3,6-7H2. The van der Waals surface area contributed by atoms with E-state index in [0.717, 1.165) is 0 Å². The quantitative estimate of drug-likeness (QED) is 0.492. The molecule has 0 aliphatic heterocycles. The van der Waals surface area contributed by atoms with Crippen molar-refractivity contribution in [2.24, 2.45) is 0 Å². The van der Waals surface area contributed by atoms with Gasteiger partial charge in [0.25, 0.3) is 0 Å². The number of nitrogens with one attached hydrogen (secondary N) is 1. The molecule has 0 saturated heterocycles. The molecule has 1 aromatic rings. The number of aliphatic hydroxyl groups excluding tert-OH is 1. The van der Waals surface area contributed by atoms with Crippen LogP contribution in [0.25, 0.3) is 0 Å². The first-order valence-electron chi connectivity index (χ1n) is 3.85. The van der Waals surface area contributed by atoms with Gasteiger partial charge >= 0.3 is 0 Å². The van der Waals surface area contributed by atoms with Crippen LogP contribution in [0.4, 0.5) is 0 Å². The van der Waals surface area contributed by atoms with Crippen LogP contribution in [0, 0.1) is 0 Å². The number of pyridine rings is 1. The average molecular weight is 168 g/mol. The van der Waals surface area contributed by atoms with Gasteiger partial charge in [-0.25, -0.2) is 4.98 Å². The molecule has 0 aliphatic carbocycles. The number of aliphatic hydroxyl groups is 1. The molecule has 4 heteroatoms. The molecule has 0 aromatic carbocycles. The maximum absolute atomic E-state index is 8.45. The van der Waals surface area contributed by atoms with Crippen molar-refractivity contribution in [2.45, 2.75) is 6.42 Å². The lowest BCUT2D eigenvalue weighted by Crippen LogP contribution is -2.20. The Kier molecular flexibility index (Phi) is 4.12. The molecular formula is C8H12N2O2. The normalized spacial score (nSPS) is 9.75. The predicted molar refractivity (Wildman–Crippen MR) is 44.6 cm³/mol. The van der Waals surface area contributed by atoms with Crippen LogP contribution in [0.5, 0.6) is 5.88 Å². The molecule has 0 spiro atoms. The number of aromatic nitrogens is 1. The summed E-state index contributed by atoms with van der Waals surface area (Å²) in [6.07, 6.45) is 2.33. The summed E-state index contributed by atoms with van der Waals surface area (Å²) < 4.78 is 0. The third-order valence-corrected chi connectivity index (χ3v) is 1.25. The molecular weight excluding hydrogens is 156 g/mol. The molecule has 1 aromatic heterocycles. The summed E-state index contributed by atoms with van der Waals surface area (Å²) in [5, 5.41) is 8.45. The summed E-state index contributed by atoms with van der Waals surface area (Å²) in [4.78, 5) is 8.96. The highest BCUT2D eigenvalue weighted by molar-refractivity contribution is 5.08. The Morgan fingerprint density at radius 1 is 1.50 bits per heavy atom. The number of rotatable bonds is 5. The third kappa shape index (κ3) is 3.32. The highest BCUT2D eigenvalue weighted by Gasteiger charge is 1.90. The molecule has 0 atom stereocenters. The van der Waals surface area contributed by atoms with Crippen molar-refractivity contribution in [3.8, 4) is 5.88 Å². The van der Waals surface area contributed by atoms with E-state index in [9.17, 15) is 0 Å². The first kappa shape index (κ1) is 8.96. The zero-order valence-corrected chi connectivity index (χ0v) is 6.73. The van der Waals surface area contributed by atoms with Crippen LogP contribution in [0.15, 0.2) is 24.4 Å². The van der Waals surface area contributed by atoms with Gasteiger partial charge in [-0.1, -0.05) is 6.07 Å². The molecule has 0 amide bonds. The van der Waals surface area contributed by atoms with E-state index in [1.165, 1.54) is 0 Å². The molecule has 0 saturated carbocycles. The highest BCUT2D eigenvalue weighted by Crippen LogP contribution is 2.00. The van der Waals surface area contributed by atoms with Gasteiger partial charge in [-0.3, -0.25) is 0 Å². The molecule has 12 heavy (non-hydrogen) atoms. The van der Waals surface area contributed by atoms with E-state index in [4.69, 9.17) is 9.94 Å². The number of hydroxylamine groups is 1. The Balaban J connectivity index is 2.16. The van der Waals surface area contributed by atoms with Gasteiger partial charge in [0.15, 0.2) is 0 Å². The summed E-state index contributed by atoms with van der Waals surface area (Å²) in [7, 11) is 0. The lowest BCUT2D eigenvalue weighted by Gasteiger charge is -2.03. The van der Waals surface area contributed by atoms with Gasteiger partial charge in [0.1, 0.15) is 0 Å². The predicted octanol–water partition coefficient (Wildman–Crippen LogP) is 0.347. The lowest BCUT2D eigenvalue weighted by atomic mass is 10.5. The third-order valence-electron chi connectivity index (χ3n) is 1.25. The van der Waals surface area contributed by atoms with Gasteiger partial charge < -0.3 is 9.94 Å². The molecule has 0 radical (unpaired) electrons. The summed E-state index contributed by atoms with van der Waals surface area (Å²) in [6.45, 7) is 0.783. The highest BCUT2D eigenvalue weighted by atomic mass is 16.7. The average Bonchev–Trinajstić information content (AvgIpc) is 2.14. The van der Waals surface area contributed by atoms with Gasteiger partial charge in [-0.05, 0) is 12.5 Å². The van der Waals surface area contributed by atoms with Crippen LogP contribution < -0.4 is 10.3 Å². The molecule has 0 fully saturated rings. The minimum absolute atomic E-state index is 0.165. The largest absolute Gasteiger partial charge is 0.396 e. The zero-order chi connectivity index (χ0) is 8.65. The van der Waals surface area contributed by atoms with Crippen LogP contribution in [0.3, 0.4) is 0 Å². The monoisotopic (exact) mass is 168 g/mol. The number of hydrogen-bond acceptors (Lipinski definition) is 4. The van der Waals surface area contributed by atoms with Crippen LogP contribution in [-0.2, 0) is 0 Å². The van der Waals surface area contributed by atoms with E-state index in [0.29, 0.717) is 18.8 Å². The molecule has 0 unspecified atom stereocenters. The van der Waals surface area contributed by atoms with Crippen molar-refractivity contribution in [3.05, 3.63) is 24.4 Å². The topological polar surface area (TPSA) is 54.4 Å². The second-order valence-corrected chi connectivity index (χ2v) is 2.24. The van der Waals surface area contributed by atoms with E-state index in [-0.39, 0.29) is 6.61 Å². The van der Waals surface area contributed by atoms with Gasteiger partial charge in [-0.2, -0.15) is 5.48 Å². The second kappa shape index (κ2) is 5.51. The molecule has 0 bridgehead atoms. The molecule has 0 aliphatic rings. The van der Waals surface area contributed by atoms with Gasteiger partial charge in [0, 0.05) is 25.4 Å². The first-order valence-corrected chi connectivity index (χ1v) is 3.85. The smallest absolute Gasteiger partial charge is 0.237 e. The summed E-state index contributed by atoms with van der Waals surface area (Å²) in [5.74, 6) is 0.537. The molecule has 1 rings (SSSR count). The fourth-order valence-electron chi connectivity index (χ4n) is 0.684. The van der Waals surface area contributed by atoms with E-state index < -0.39 is 0 Å². The van der Waals surface area contributed by atoms with E-state index >= 15 is 0 Å². The Morgan fingerprint density at radius 3 is 3.08 bits per heavy atom. The van der Waals surface area contributed by atoms with Crippen molar-refractivity contribution >= 4 is 0 Å². The Hall–Kier alpha value is -1.13. The minimum Gasteiger partial charge on any atom is -0.396 e. The maximum Gasteiger partial charge on any atom is 0.237 e. The van der Waals surface area contributed by atoms with Gasteiger partial charge in [0.2, 0.25) is 5.88 Å². The van der Waals surface area contributed by atoms with Crippen LogP contribution in [-0.4, -0.2) is 23.2 Å². The van der Waals surface area contributed by atoms with Crippen molar-refractivity contribution < 1.29 is 9.94 Å². The maximum atomic E-state index is 8.45. The van der Waals surface area contributed by atoms with Crippen LogP contribution >= 0.6 is 0 Å². The number of nitrogens with zero attached hydrogens (tertiary/aromatic N) is 1. The Labute approximate surface area is 71.2 Å². The second-order valence-electron chi connectivity index (χ2n) is 2.24. The van der Waals surface area contributed by atoms with Crippen molar-refractivity contribution in [2.75, 3.05) is 13.2 Å². The fourth-order valence-corrected chi connectivity index (χ4v) is 0.684. The number of hydrogen-bond donors (Lipinski definition) is 2. The zero-order valence-electron chi connectivity index (χ0n) is 6.73. The Bertz CT molecular complexity index is 203. The molecule has 4 nitrogen and oxygen atoms in total. The van der Waals surface area contributed by atoms with Gasteiger partial charge in [-0.15, -0.1) is 0 Å². The van der Waals surface area contributed by atoms with Crippen molar-refractivity contribution in [1.29, 1.82) is 0 Å². The summed E-state index contributed by atoms with van der Waals surface area (Å²) >= 11 is 0. The Morgan fingerprint density at radius 2 is 2.42 bits per heavy atom.